The summed E-state index contributed by atoms with van der Waals surface area (Å²) in [4.78, 5) is 40.1. The summed E-state index contributed by atoms with van der Waals surface area (Å²) < 4.78 is 27.0. The van der Waals surface area contributed by atoms with Crippen LogP contribution in [-0.4, -0.2) is 31.1 Å². The van der Waals surface area contributed by atoms with E-state index in [1.807, 2.05) is 13.8 Å². The number of Topliss-reactive ketones (excluding diaryl/α,β-unsaturated/α-hetero) is 1. The van der Waals surface area contributed by atoms with Crippen LogP contribution in [0, 0.1) is 5.41 Å². The monoisotopic (exact) mass is 444 g/mol. The molecule has 0 unspecified atom stereocenters. The van der Waals surface area contributed by atoms with E-state index in [4.69, 9.17) is 0 Å². The smallest absolute Gasteiger partial charge is 0.275 e. The predicted molar refractivity (Wildman–Crippen MR) is 114 cm³/mol. The van der Waals surface area contributed by atoms with Crippen molar-refractivity contribution in [3.05, 3.63) is 57.5 Å². The lowest BCUT2D eigenvalue weighted by atomic mass is 9.75. The van der Waals surface area contributed by atoms with Crippen molar-refractivity contribution in [2.24, 2.45) is 5.41 Å². The average Bonchev–Trinajstić information content (AvgIpc) is 3.48. The van der Waals surface area contributed by atoms with Crippen molar-refractivity contribution in [3.8, 4) is 0 Å². The predicted octanol–water partition coefficient (Wildman–Crippen LogP) is 1.73. The van der Waals surface area contributed by atoms with E-state index in [1.165, 1.54) is 30.3 Å². The van der Waals surface area contributed by atoms with Crippen LogP contribution in [0.4, 0.5) is 5.69 Å². The van der Waals surface area contributed by atoms with E-state index < -0.39 is 21.5 Å². The maximum absolute atomic E-state index is 12.5. The molecule has 0 radical (unpaired) electrons. The van der Waals surface area contributed by atoms with Gasteiger partial charge in [-0.1, -0.05) is 13.8 Å². The topological polar surface area (TPSA) is 137 Å². The second kappa shape index (κ2) is 7.61. The Kier molecular flexibility index (Phi) is 5.22. The summed E-state index contributed by atoms with van der Waals surface area (Å²) in [6.07, 6.45) is 2.58. The maximum atomic E-state index is 12.5. The van der Waals surface area contributed by atoms with Gasteiger partial charge in [-0.3, -0.25) is 25.2 Å². The van der Waals surface area contributed by atoms with E-state index in [0.29, 0.717) is 29.8 Å². The molecular weight excluding hydrogens is 420 g/mol. The van der Waals surface area contributed by atoms with Crippen LogP contribution in [0.15, 0.2) is 40.0 Å². The Morgan fingerprint density at radius 2 is 1.77 bits per heavy atom. The summed E-state index contributed by atoms with van der Waals surface area (Å²) in [6.45, 7) is 3.91. The number of carbonyl (C=O) groups excluding carboxylic acids is 2. The molecule has 1 saturated carbocycles. The minimum absolute atomic E-state index is 0.00903. The van der Waals surface area contributed by atoms with Crippen LogP contribution in [0.5, 0.6) is 0 Å². The normalized spacial score (nSPS) is 17.7. The quantitative estimate of drug-likeness (QED) is 0.501. The molecule has 0 aliphatic heterocycles. The number of pyridine rings is 1. The van der Waals surface area contributed by atoms with Crippen LogP contribution < -0.4 is 21.1 Å². The fourth-order valence-corrected chi connectivity index (χ4v) is 4.90. The molecule has 2 aliphatic rings. The number of amides is 1. The van der Waals surface area contributed by atoms with Crippen molar-refractivity contribution in [1.29, 1.82) is 0 Å². The lowest BCUT2D eigenvalue weighted by Crippen LogP contribution is -2.36. The van der Waals surface area contributed by atoms with Gasteiger partial charge in [-0.25, -0.2) is 13.1 Å². The highest BCUT2D eigenvalue weighted by molar-refractivity contribution is 7.89. The number of hydrogen-bond acceptors (Lipinski definition) is 6. The number of rotatable bonds is 6. The molecule has 2 aliphatic carbocycles. The van der Waals surface area contributed by atoms with Gasteiger partial charge in [0.2, 0.25) is 10.0 Å². The van der Waals surface area contributed by atoms with Crippen LogP contribution >= 0.6 is 0 Å². The third kappa shape index (κ3) is 4.70. The van der Waals surface area contributed by atoms with Crippen LogP contribution in [0.3, 0.4) is 0 Å². The number of aromatic amines is 1. The molecule has 164 valence electrons. The summed E-state index contributed by atoms with van der Waals surface area (Å²) in [5, 5.41) is 0. The van der Waals surface area contributed by atoms with Gasteiger partial charge >= 0.3 is 0 Å². The van der Waals surface area contributed by atoms with Gasteiger partial charge < -0.3 is 4.98 Å². The molecule has 9 nitrogen and oxygen atoms in total. The zero-order valence-electron chi connectivity index (χ0n) is 17.2. The Morgan fingerprint density at radius 1 is 1.10 bits per heavy atom. The van der Waals surface area contributed by atoms with Gasteiger partial charge in [0.25, 0.3) is 11.5 Å². The Morgan fingerprint density at radius 3 is 2.42 bits per heavy atom. The van der Waals surface area contributed by atoms with Gasteiger partial charge in [0, 0.05) is 23.7 Å². The molecular formula is C21H24N4O5S. The molecule has 1 amide bonds. The lowest BCUT2D eigenvalue weighted by Gasteiger charge is -2.29. The standard InChI is InChI=1S/C21H24N4O5S/c1-21(2)10-17-15(18(26)11-21)9-16(19(27)22-17)20(28)24-23-12-5-7-14(8-6-12)31(29,30)25-13-3-4-13/h5-9,13,23,25H,3-4,10-11H2,1-2H3,(H,22,27)(H,24,28). The molecule has 4 N–H and O–H groups in total. The Balaban J connectivity index is 1.45. The first kappa shape index (κ1) is 21.3. The van der Waals surface area contributed by atoms with E-state index in [1.54, 1.807) is 0 Å². The van der Waals surface area contributed by atoms with Crippen LogP contribution in [0.25, 0.3) is 0 Å². The first-order valence-electron chi connectivity index (χ1n) is 10.0. The van der Waals surface area contributed by atoms with Gasteiger partial charge in [-0.2, -0.15) is 0 Å². The summed E-state index contributed by atoms with van der Waals surface area (Å²) in [5.74, 6) is -0.810. The molecule has 0 atom stereocenters. The van der Waals surface area contributed by atoms with Crippen molar-refractivity contribution in [2.45, 2.75) is 50.5 Å². The van der Waals surface area contributed by atoms with Crippen molar-refractivity contribution in [2.75, 3.05) is 5.43 Å². The fraction of sp³-hybridized carbons (Fsp3) is 0.381. The van der Waals surface area contributed by atoms with Crippen molar-refractivity contribution >= 4 is 27.4 Å². The maximum Gasteiger partial charge on any atom is 0.275 e. The largest absolute Gasteiger partial charge is 0.325 e. The number of nitrogens with one attached hydrogen (secondary N) is 4. The number of benzene rings is 1. The summed E-state index contributed by atoms with van der Waals surface area (Å²) in [6, 6.07) is 7.20. The van der Waals surface area contributed by atoms with Crippen molar-refractivity contribution in [1.82, 2.24) is 15.1 Å². The number of carbonyl (C=O) groups is 2. The third-order valence-corrected chi connectivity index (χ3v) is 6.88. The van der Waals surface area contributed by atoms with Gasteiger partial charge in [0.1, 0.15) is 5.56 Å². The second-order valence-corrected chi connectivity index (χ2v) is 10.6. The van der Waals surface area contributed by atoms with Crippen molar-refractivity contribution in [3.63, 3.8) is 0 Å². The first-order chi connectivity index (χ1) is 14.5. The molecule has 1 heterocycles. The number of anilines is 1. The minimum Gasteiger partial charge on any atom is -0.325 e. The minimum atomic E-state index is -3.56. The van der Waals surface area contributed by atoms with Gasteiger partial charge in [0.15, 0.2) is 5.78 Å². The lowest BCUT2D eigenvalue weighted by molar-refractivity contribution is 0.0910. The molecule has 0 bridgehead atoms. The SMILES string of the molecule is CC1(C)CC(=O)c2cc(C(=O)NNc3ccc(S(=O)(=O)NC4CC4)cc3)c(=O)[nH]c2C1. The molecule has 1 aromatic heterocycles. The number of H-pyrrole nitrogens is 1. The average molecular weight is 445 g/mol. The number of sulfonamides is 1. The number of hydrazine groups is 1. The summed E-state index contributed by atoms with van der Waals surface area (Å²) >= 11 is 0. The van der Waals surface area contributed by atoms with E-state index in [0.717, 1.165) is 12.8 Å². The zero-order chi connectivity index (χ0) is 22.4. The first-order valence-corrected chi connectivity index (χ1v) is 11.5. The number of ketones is 1. The molecule has 4 rings (SSSR count). The van der Waals surface area contributed by atoms with Crippen LogP contribution in [-0.2, 0) is 16.4 Å². The van der Waals surface area contributed by atoms with Crippen molar-refractivity contribution < 1.29 is 18.0 Å². The molecule has 2 aromatic rings. The van der Waals surface area contributed by atoms with Gasteiger partial charge in [0.05, 0.1) is 10.6 Å². The number of fused-ring (bicyclic) bond motifs is 1. The molecule has 0 saturated heterocycles. The summed E-state index contributed by atoms with van der Waals surface area (Å²) in [5.41, 5.74) is 5.42. The Hall–Kier alpha value is -2.98. The third-order valence-electron chi connectivity index (χ3n) is 5.35. The van der Waals surface area contributed by atoms with E-state index >= 15 is 0 Å². The van der Waals surface area contributed by atoms with Crippen LogP contribution in [0.1, 0.15) is 59.5 Å². The zero-order valence-corrected chi connectivity index (χ0v) is 18.1. The Labute approximate surface area is 179 Å². The molecule has 0 spiro atoms. The highest BCUT2D eigenvalue weighted by atomic mass is 32.2. The number of aromatic nitrogens is 1. The highest BCUT2D eigenvalue weighted by Gasteiger charge is 2.32. The molecule has 10 heteroatoms. The number of hydrogen-bond donors (Lipinski definition) is 4. The van der Waals surface area contributed by atoms with Gasteiger partial charge in [-0.15, -0.1) is 0 Å². The Bertz CT molecular complexity index is 1210. The molecule has 1 aromatic carbocycles. The van der Waals surface area contributed by atoms with E-state index in [2.05, 4.69) is 20.6 Å². The fourth-order valence-electron chi connectivity index (χ4n) is 3.60. The van der Waals surface area contributed by atoms with Crippen LogP contribution in [0.2, 0.25) is 0 Å². The molecule has 1 fully saturated rings. The van der Waals surface area contributed by atoms with E-state index in [-0.39, 0.29) is 27.7 Å². The highest BCUT2D eigenvalue weighted by Crippen LogP contribution is 2.33. The van der Waals surface area contributed by atoms with E-state index in [9.17, 15) is 22.8 Å². The summed E-state index contributed by atoms with van der Waals surface area (Å²) in [7, 11) is -3.56. The van der Waals surface area contributed by atoms with Gasteiger partial charge in [-0.05, 0) is 55.0 Å². The molecule has 31 heavy (non-hydrogen) atoms. The second-order valence-electron chi connectivity index (χ2n) is 8.84.